The average molecular weight is 278 g/mol. The Morgan fingerprint density at radius 2 is 1.85 bits per heavy atom. The van der Waals surface area contributed by atoms with Gasteiger partial charge in [0.25, 0.3) is 0 Å². The van der Waals surface area contributed by atoms with Crippen LogP contribution in [0.25, 0.3) is 0 Å². The highest BCUT2D eigenvalue weighted by Gasteiger charge is 2.08. The Morgan fingerprint density at radius 1 is 1.20 bits per heavy atom. The molecular weight excluding hydrogens is 252 g/mol. The molecule has 0 heterocycles. The van der Waals surface area contributed by atoms with E-state index >= 15 is 0 Å². The summed E-state index contributed by atoms with van der Waals surface area (Å²) in [5, 5.41) is 14.6. The van der Waals surface area contributed by atoms with Crippen LogP contribution in [0, 0.1) is 0 Å². The summed E-state index contributed by atoms with van der Waals surface area (Å²) in [6.45, 7) is 4.85. The van der Waals surface area contributed by atoms with Crippen LogP contribution in [-0.4, -0.2) is 30.3 Å². The zero-order valence-corrected chi connectivity index (χ0v) is 12.5. The Balaban J connectivity index is 2.26. The van der Waals surface area contributed by atoms with E-state index < -0.39 is 0 Å². The molecular formula is C16H26N2O2. The lowest BCUT2D eigenvalue weighted by Gasteiger charge is -2.16. The fraction of sp³-hybridized carbons (Fsp3) is 0.562. The van der Waals surface area contributed by atoms with E-state index in [2.05, 4.69) is 41.8 Å². The topological polar surface area (TPSA) is 61.4 Å². The average Bonchev–Trinajstić information content (AvgIpc) is 2.47. The van der Waals surface area contributed by atoms with Gasteiger partial charge in [-0.05, 0) is 36.8 Å². The fourth-order valence-corrected chi connectivity index (χ4v) is 2.03. The molecule has 0 spiro atoms. The van der Waals surface area contributed by atoms with E-state index in [1.165, 1.54) is 11.1 Å². The molecule has 1 rings (SSSR count). The van der Waals surface area contributed by atoms with Gasteiger partial charge in [0, 0.05) is 19.2 Å². The van der Waals surface area contributed by atoms with Crippen molar-refractivity contribution in [1.29, 1.82) is 0 Å². The predicted octanol–water partition coefficient (Wildman–Crippen LogP) is 2.25. The lowest BCUT2D eigenvalue weighted by molar-refractivity contribution is 0.228. The second-order valence-corrected chi connectivity index (χ2v) is 4.94. The van der Waals surface area contributed by atoms with Crippen LogP contribution in [0.15, 0.2) is 24.3 Å². The van der Waals surface area contributed by atoms with Gasteiger partial charge in [-0.2, -0.15) is 0 Å². The first-order valence-corrected chi connectivity index (χ1v) is 7.42. The number of urea groups is 1. The van der Waals surface area contributed by atoms with Gasteiger partial charge in [-0.3, -0.25) is 0 Å². The van der Waals surface area contributed by atoms with Crippen molar-refractivity contribution in [3.63, 3.8) is 0 Å². The molecule has 112 valence electrons. The van der Waals surface area contributed by atoms with Crippen LogP contribution in [-0.2, 0) is 12.8 Å². The third-order valence-electron chi connectivity index (χ3n) is 3.44. The molecule has 1 aromatic rings. The molecule has 3 N–H and O–H groups in total. The van der Waals surface area contributed by atoms with Crippen molar-refractivity contribution in [1.82, 2.24) is 10.6 Å². The van der Waals surface area contributed by atoms with Gasteiger partial charge in [0.1, 0.15) is 0 Å². The minimum Gasteiger partial charge on any atom is -0.396 e. The van der Waals surface area contributed by atoms with Crippen LogP contribution >= 0.6 is 0 Å². The first-order chi connectivity index (χ1) is 9.69. The van der Waals surface area contributed by atoms with E-state index in [1.54, 1.807) is 0 Å². The molecule has 0 aliphatic rings. The van der Waals surface area contributed by atoms with Crippen LogP contribution in [0.4, 0.5) is 4.79 Å². The molecule has 0 aromatic heterocycles. The van der Waals surface area contributed by atoms with Gasteiger partial charge in [0.05, 0.1) is 0 Å². The van der Waals surface area contributed by atoms with Gasteiger partial charge in [0.15, 0.2) is 0 Å². The van der Waals surface area contributed by atoms with E-state index in [1.807, 2.05) is 6.92 Å². The van der Waals surface area contributed by atoms with Gasteiger partial charge < -0.3 is 15.7 Å². The molecule has 0 saturated carbocycles. The van der Waals surface area contributed by atoms with Gasteiger partial charge in [-0.25, -0.2) is 4.79 Å². The summed E-state index contributed by atoms with van der Waals surface area (Å²) >= 11 is 0. The summed E-state index contributed by atoms with van der Waals surface area (Å²) in [5.41, 5.74) is 2.55. The van der Waals surface area contributed by atoms with Crippen molar-refractivity contribution in [2.45, 2.75) is 45.6 Å². The fourth-order valence-electron chi connectivity index (χ4n) is 2.03. The van der Waals surface area contributed by atoms with Crippen LogP contribution in [0.5, 0.6) is 0 Å². The van der Waals surface area contributed by atoms with E-state index in [4.69, 9.17) is 5.11 Å². The lowest BCUT2D eigenvalue weighted by Crippen LogP contribution is -2.42. The van der Waals surface area contributed by atoms with Crippen molar-refractivity contribution >= 4 is 6.03 Å². The Morgan fingerprint density at radius 3 is 2.40 bits per heavy atom. The van der Waals surface area contributed by atoms with Crippen LogP contribution in [0.3, 0.4) is 0 Å². The highest BCUT2D eigenvalue weighted by molar-refractivity contribution is 5.74. The molecule has 4 nitrogen and oxygen atoms in total. The van der Waals surface area contributed by atoms with Gasteiger partial charge >= 0.3 is 6.03 Å². The number of rotatable bonds is 8. The number of hydrogen-bond donors (Lipinski definition) is 3. The number of aryl methyl sites for hydroxylation is 1. The molecule has 2 amide bonds. The van der Waals surface area contributed by atoms with Crippen molar-refractivity contribution in [2.24, 2.45) is 0 Å². The first kappa shape index (κ1) is 16.5. The standard InChI is InChI=1S/C16H26N2O2/c1-3-13-5-7-14(8-6-13)9-11-17-16(20)18-15(4-2)10-12-19/h5-8,15,19H,3-4,9-12H2,1-2H3,(H2,17,18,20). The minimum absolute atomic E-state index is 0.0452. The third kappa shape index (κ3) is 6.06. The highest BCUT2D eigenvalue weighted by Crippen LogP contribution is 2.05. The predicted molar refractivity (Wildman–Crippen MR) is 81.8 cm³/mol. The zero-order valence-electron chi connectivity index (χ0n) is 12.5. The quantitative estimate of drug-likeness (QED) is 0.683. The van der Waals surface area contributed by atoms with Crippen LogP contribution in [0.2, 0.25) is 0 Å². The molecule has 1 atom stereocenters. The maximum absolute atomic E-state index is 11.7. The second kappa shape index (κ2) is 9.37. The molecule has 1 aromatic carbocycles. The molecule has 4 heteroatoms. The zero-order chi connectivity index (χ0) is 14.8. The van der Waals surface area contributed by atoms with Crippen LogP contribution in [0.1, 0.15) is 37.8 Å². The van der Waals surface area contributed by atoms with Crippen molar-refractivity contribution in [2.75, 3.05) is 13.2 Å². The van der Waals surface area contributed by atoms with Crippen molar-refractivity contribution < 1.29 is 9.90 Å². The summed E-state index contributed by atoms with van der Waals surface area (Å²) in [4.78, 5) is 11.7. The number of carbonyl (C=O) groups excluding carboxylic acids is 1. The summed E-state index contributed by atoms with van der Waals surface area (Å²) in [6.07, 6.45) is 3.30. The molecule has 0 radical (unpaired) electrons. The summed E-state index contributed by atoms with van der Waals surface area (Å²) in [6, 6.07) is 8.37. The molecule has 0 aliphatic heterocycles. The number of hydrogen-bond acceptors (Lipinski definition) is 2. The summed E-state index contributed by atoms with van der Waals surface area (Å²) in [7, 11) is 0. The van der Waals surface area contributed by atoms with E-state index in [0.29, 0.717) is 13.0 Å². The molecule has 20 heavy (non-hydrogen) atoms. The second-order valence-electron chi connectivity index (χ2n) is 4.94. The highest BCUT2D eigenvalue weighted by atomic mass is 16.3. The van der Waals surface area contributed by atoms with Gasteiger partial charge in [-0.15, -0.1) is 0 Å². The number of aliphatic hydroxyl groups excluding tert-OH is 1. The molecule has 0 saturated heterocycles. The van der Waals surface area contributed by atoms with Crippen LogP contribution < -0.4 is 10.6 Å². The largest absolute Gasteiger partial charge is 0.396 e. The Kier molecular flexibility index (Phi) is 7.73. The van der Waals surface area contributed by atoms with Crippen molar-refractivity contribution in [3.8, 4) is 0 Å². The Labute approximate surface area is 121 Å². The summed E-state index contributed by atoms with van der Waals surface area (Å²) < 4.78 is 0. The maximum Gasteiger partial charge on any atom is 0.315 e. The SMILES string of the molecule is CCc1ccc(CCNC(=O)NC(CC)CCO)cc1. The number of nitrogens with one attached hydrogen (secondary N) is 2. The number of carbonyl (C=O) groups is 1. The molecule has 1 unspecified atom stereocenters. The number of amides is 2. The molecule has 0 fully saturated rings. The molecule has 0 aliphatic carbocycles. The Bertz CT molecular complexity index is 390. The van der Waals surface area contributed by atoms with Gasteiger partial charge in [-0.1, -0.05) is 38.1 Å². The number of aliphatic hydroxyl groups is 1. The molecule has 0 bridgehead atoms. The van der Waals surface area contributed by atoms with E-state index in [9.17, 15) is 4.79 Å². The maximum atomic E-state index is 11.7. The van der Waals surface area contributed by atoms with Crippen molar-refractivity contribution in [3.05, 3.63) is 35.4 Å². The normalized spacial score (nSPS) is 11.9. The van der Waals surface area contributed by atoms with E-state index in [-0.39, 0.29) is 18.7 Å². The van der Waals surface area contributed by atoms with Gasteiger partial charge in [0.2, 0.25) is 0 Å². The lowest BCUT2D eigenvalue weighted by atomic mass is 10.1. The van der Waals surface area contributed by atoms with E-state index in [0.717, 1.165) is 19.3 Å². The number of benzene rings is 1. The first-order valence-electron chi connectivity index (χ1n) is 7.42. The minimum atomic E-state index is -0.157. The monoisotopic (exact) mass is 278 g/mol. The smallest absolute Gasteiger partial charge is 0.315 e. The summed E-state index contributed by atoms with van der Waals surface area (Å²) in [5.74, 6) is 0. The third-order valence-corrected chi connectivity index (χ3v) is 3.44. The Hall–Kier alpha value is -1.55.